The van der Waals surface area contributed by atoms with Crippen molar-refractivity contribution in [3.05, 3.63) is 70.4 Å². The van der Waals surface area contributed by atoms with Crippen LogP contribution in [0.3, 0.4) is 0 Å². The first-order valence-electron chi connectivity index (χ1n) is 11.5. The lowest BCUT2D eigenvalue weighted by Gasteiger charge is -2.33. The highest BCUT2D eigenvalue weighted by molar-refractivity contribution is 6.31. The van der Waals surface area contributed by atoms with E-state index in [2.05, 4.69) is 5.32 Å². The molecule has 1 N–H and O–H groups in total. The fraction of sp³-hybridized carbons (Fsp3) is 0.296. The predicted octanol–water partition coefficient (Wildman–Crippen LogP) is 4.42. The van der Waals surface area contributed by atoms with Crippen LogP contribution in [0.15, 0.2) is 54.2 Å². The van der Waals surface area contributed by atoms with Crippen LogP contribution in [-0.2, 0) is 11.8 Å². The number of nitrogens with one attached hydrogen (secondary N) is 1. The van der Waals surface area contributed by atoms with Crippen LogP contribution in [-0.4, -0.2) is 48.0 Å². The Labute approximate surface area is 209 Å². The topological polar surface area (TPSA) is 87.4 Å². The highest BCUT2D eigenvalue weighted by Gasteiger charge is 2.27. The summed E-state index contributed by atoms with van der Waals surface area (Å²) in [6.07, 6.45) is 5.28. The van der Waals surface area contributed by atoms with Gasteiger partial charge in [0.05, 0.1) is 12.7 Å². The van der Waals surface area contributed by atoms with E-state index in [1.54, 1.807) is 29.2 Å². The van der Waals surface area contributed by atoms with Crippen LogP contribution in [0.5, 0.6) is 5.75 Å². The third-order valence-corrected chi connectivity index (χ3v) is 6.57. The van der Waals surface area contributed by atoms with Gasteiger partial charge in [0.1, 0.15) is 17.4 Å². The Bertz CT molecular complexity index is 1340. The highest BCUT2D eigenvalue weighted by Crippen LogP contribution is 2.26. The van der Waals surface area contributed by atoms with Gasteiger partial charge in [0.25, 0.3) is 11.8 Å². The molecule has 0 aliphatic carbocycles. The number of piperidine rings is 1. The van der Waals surface area contributed by atoms with E-state index < -0.39 is 5.91 Å². The summed E-state index contributed by atoms with van der Waals surface area (Å²) >= 11 is 6.09. The molecule has 0 radical (unpaired) electrons. The number of halogens is 1. The molecule has 0 saturated carbocycles. The van der Waals surface area contributed by atoms with Crippen molar-refractivity contribution in [2.45, 2.75) is 12.8 Å². The van der Waals surface area contributed by atoms with E-state index in [1.807, 2.05) is 48.1 Å². The van der Waals surface area contributed by atoms with Gasteiger partial charge in [-0.15, -0.1) is 0 Å². The number of hydrogen-bond donors (Lipinski definition) is 1. The van der Waals surface area contributed by atoms with Gasteiger partial charge >= 0.3 is 0 Å². The number of aromatic nitrogens is 1. The predicted molar refractivity (Wildman–Crippen MR) is 136 cm³/mol. The molecule has 1 aromatic heterocycles. The molecule has 3 aromatic rings. The number of fused-ring (bicyclic) bond motifs is 1. The minimum atomic E-state index is -0.416. The summed E-state index contributed by atoms with van der Waals surface area (Å²) in [4.78, 5) is 27.6. The van der Waals surface area contributed by atoms with Crippen LogP contribution in [0.2, 0.25) is 5.02 Å². The van der Waals surface area contributed by atoms with Gasteiger partial charge in [0, 0.05) is 48.8 Å². The minimum absolute atomic E-state index is 0.0488. The number of ether oxygens (including phenoxy) is 1. The molecule has 2 amide bonds. The molecule has 1 fully saturated rings. The first kappa shape index (κ1) is 24.4. The Hall–Kier alpha value is -3.76. The van der Waals surface area contributed by atoms with E-state index in [0.717, 1.165) is 29.3 Å². The number of hydrogen-bond acceptors (Lipinski definition) is 4. The third kappa shape index (κ3) is 5.50. The van der Waals surface area contributed by atoms with Crippen molar-refractivity contribution in [3.63, 3.8) is 0 Å². The largest absolute Gasteiger partial charge is 0.496 e. The van der Waals surface area contributed by atoms with Gasteiger partial charge in [-0.05, 0) is 66.8 Å². The van der Waals surface area contributed by atoms with Crippen LogP contribution >= 0.6 is 11.6 Å². The number of nitriles is 1. The van der Waals surface area contributed by atoms with Crippen LogP contribution in [0.4, 0.5) is 0 Å². The molecule has 180 valence electrons. The van der Waals surface area contributed by atoms with E-state index in [1.165, 1.54) is 7.11 Å². The second-order valence-corrected chi connectivity index (χ2v) is 9.17. The number of benzene rings is 2. The second kappa shape index (κ2) is 10.7. The molecule has 1 unspecified atom stereocenters. The molecule has 35 heavy (non-hydrogen) atoms. The molecule has 0 bridgehead atoms. The third-order valence-electron chi connectivity index (χ3n) is 6.33. The molecule has 2 heterocycles. The first-order chi connectivity index (χ1) is 16.9. The molecule has 1 aliphatic heterocycles. The van der Waals surface area contributed by atoms with E-state index in [-0.39, 0.29) is 17.4 Å². The number of likely N-dealkylation sites (tertiary alicyclic amines) is 1. The maximum Gasteiger partial charge on any atom is 0.261 e. The van der Waals surface area contributed by atoms with Crippen molar-refractivity contribution < 1.29 is 14.3 Å². The fourth-order valence-corrected chi connectivity index (χ4v) is 4.64. The summed E-state index contributed by atoms with van der Waals surface area (Å²) < 4.78 is 7.34. The molecule has 1 atom stereocenters. The molecular formula is C27H27ClN4O3. The number of carbonyl (C=O) groups excluding carboxylic acids is 2. The average Bonchev–Trinajstić information content (AvgIpc) is 3.25. The highest BCUT2D eigenvalue weighted by atomic mass is 35.5. The molecule has 0 spiro atoms. The number of carbonyl (C=O) groups is 2. The van der Waals surface area contributed by atoms with Crippen molar-refractivity contribution in [2.24, 2.45) is 13.0 Å². The molecule has 1 aliphatic rings. The lowest BCUT2D eigenvalue weighted by atomic mass is 9.97. The van der Waals surface area contributed by atoms with Gasteiger partial charge in [-0.2, -0.15) is 5.26 Å². The van der Waals surface area contributed by atoms with Gasteiger partial charge in [-0.25, -0.2) is 0 Å². The van der Waals surface area contributed by atoms with Crippen molar-refractivity contribution in [3.8, 4) is 11.8 Å². The first-order valence-corrected chi connectivity index (χ1v) is 11.8. The Morgan fingerprint density at radius 1 is 1.26 bits per heavy atom. The summed E-state index contributed by atoms with van der Waals surface area (Å²) in [5.74, 6) is 0.00432. The normalized spacial score (nSPS) is 16.1. The smallest absolute Gasteiger partial charge is 0.261 e. The van der Waals surface area contributed by atoms with Gasteiger partial charge in [-0.1, -0.05) is 17.7 Å². The Morgan fingerprint density at radius 3 is 2.86 bits per heavy atom. The van der Waals surface area contributed by atoms with Gasteiger partial charge in [-0.3, -0.25) is 9.59 Å². The summed E-state index contributed by atoms with van der Waals surface area (Å²) in [5.41, 5.74) is 2.35. The quantitative estimate of drug-likeness (QED) is 0.409. The lowest BCUT2D eigenvalue weighted by Crippen LogP contribution is -2.44. The maximum absolute atomic E-state index is 13.1. The summed E-state index contributed by atoms with van der Waals surface area (Å²) in [6, 6.07) is 14.8. The van der Waals surface area contributed by atoms with Crippen molar-refractivity contribution in [1.82, 2.24) is 14.8 Å². The van der Waals surface area contributed by atoms with Crippen LogP contribution < -0.4 is 10.1 Å². The number of nitrogens with zero attached hydrogens (tertiary/aromatic N) is 3. The van der Waals surface area contributed by atoms with Crippen LogP contribution in [0.25, 0.3) is 17.0 Å². The van der Waals surface area contributed by atoms with Crippen LogP contribution in [0, 0.1) is 17.2 Å². The van der Waals surface area contributed by atoms with E-state index in [9.17, 15) is 14.9 Å². The summed E-state index contributed by atoms with van der Waals surface area (Å²) in [5, 5.41) is 14.0. The van der Waals surface area contributed by atoms with Gasteiger partial charge in [0.15, 0.2) is 0 Å². The molecule has 8 heteroatoms. The Morgan fingerprint density at radius 2 is 2.09 bits per heavy atom. The average molecular weight is 491 g/mol. The number of rotatable bonds is 6. The van der Waals surface area contributed by atoms with Gasteiger partial charge in [0.2, 0.25) is 0 Å². The summed E-state index contributed by atoms with van der Waals surface area (Å²) in [6.45, 7) is 1.52. The van der Waals surface area contributed by atoms with E-state index >= 15 is 0 Å². The Kier molecular flexibility index (Phi) is 7.42. The lowest BCUT2D eigenvalue weighted by molar-refractivity contribution is -0.117. The molecule has 1 saturated heterocycles. The fourth-order valence-electron chi connectivity index (χ4n) is 4.47. The monoisotopic (exact) mass is 490 g/mol. The van der Waals surface area contributed by atoms with Crippen LogP contribution in [0.1, 0.15) is 28.8 Å². The Balaban J connectivity index is 1.39. The zero-order chi connectivity index (χ0) is 24.9. The molecule has 7 nitrogen and oxygen atoms in total. The number of aryl methyl sites for hydroxylation is 1. The minimum Gasteiger partial charge on any atom is -0.496 e. The van der Waals surface area contributed by atoms with E-state index in [0.29, 0.717) is 36.0 Å². The zero-order valence-electron chi connectivity index (χ0n) is 19.8. The number of amides is 2. The zero-order valence-corrected chi connectivity index (χ0v) is 20.5. The second-order valence-electron chi connectivity index (χ2n) is 8.73. The molecular weight excluding hydrogens is 464 g/mol. The van der Waals surface area contributed by atoms with Crippen molar-refractivity contribution >= 4 is 40.4 Å². The molecule has 2 aromatic carbocycles. The summed E-state index contributed by atoms with van der Waals surface area (Å²) in [7, 11) is 3.49. The maximum atomic E-state index is 13.1. The SMILES string of the molecule is COc1ccc(Cl)cc1C(=O)N1CCCC(CNC(=O)/C(C#N)=C/c2ccc3c(ccn3C)c2)C1. The van der Waals surface area contributed by atoms with Crippen molar-refractivity contribution in [1.29, 1.82) is 5.26 Å². The van der Waals surface area contributed by atoms with Gasteiger partial charge < -0.3 is 19.5 Å². The molecule has 4 rings (SSSR count). The standard InChI is InChI=1S/C27H27ClN4O3/c1-31-11-9-20-12-18(5-7-24(20)31)13-21(15-29)26(33)30-16-19-4-3-10-32(17-19)27(34)23-14-22(28)6-8-25(23)35-2/h5-9,11-14,19H,3-4,10,16-17H2,1-2H3,(H,30,33)/b21-13+. The number of methoxy groups -OCH3 is 1. The van der Waals surface area contributed by atoms with Crippen molar-refractivity contribution in [2.75, 3.05) is 26.7 Å². The van der Waals surface area contributed by atoms with E-state index in [4.69, 9.17) is 16.3 Å².